The number of benzene rings is 5. The summed E-state index contributed by atoms with van der Waals surface area (Å²) in [5.74, 6) is 8.00. The summed E-state index contributed by atoms with van der Waals surface area (Å²) in [5, 5.41) is 1.86. The molecule has 0 amide bonds. The van der Waals surface area contributed by atoms with Gasteiger partial charge in [-0.3, -0.25) is 4.98 Å². The number of fused-ring (bicyclic) bond motifs is 4. The molecule has 1 fully saturated rings. The van der Waals surface area contributed by atoms with Crippen LogP contribution in [0.2, 0.25) is 17.3 Å². The summed E-state index contributed by atoms with van der Waals surface area (Å²) in [4.78, 5) is 14.6. The second-order valence-electron chi connectivity index (χ2n) is 18.9. The Balaban J connectivity index is 0.000000200. The third-order valence-corrected chi connectivity index (χ3v) is 16.8. The molecule has 1 aliphatic rings. The van der Waals surface area contributed by atoms with Gasteiger partial charge in [0.2, 0.25) is 5.71 Å². The number of aryl methyl sites for hydroxylation is 1. The molecule has 0 saturated heterocycles. The van der Waals surface area contributed by atoms with E-state index in [-0.39, 0.29) is 37.4 Å². The van der Waals surface area contributed by atoms with Gasteiger partial charge in [-0.1, -0.05) is 69.0 Å². The molecule has 339 valence electrons. The van der Waals surface area contributed by atoms with Crippen LogP contribution in [0.3, 0.4) is 0 Å². The molecule has 4 aromatic heterocycles. The van der Waals surface area contributed by atoms with Crippen LogP contribution < -0.4 is 4.40 Å². The summed E-state index contributed by atoms with van der Waals surface area (Å²) in [6.07, 6.45) is 5.74. The Bertz CT molecular complexity index is 3310. The number of furan rings is 1. The Labute approximate surface area is 413 Å². The average Bonchev–Trinajstić information content (AvgIpc) is 3.92. The summed E-state index contributed by atoms with van der Waals surface area (Å²) in [7, 11) is 0. The predicted molar refractivity (Wildman–Crippen MR) is 270 cm³/mol. The summed E-state index contributed by atoms with van der Waals surface area (Å²) >= 11 is -2.35. The first-order chi connectivity index (χ1) is 33.3. The predicted octanol–water partition coefficient (Wildman–Crippen LogP) is 15.4. The van der Waals surface area contributed by atoms with Crippen LogP contribution in [0, 0.1) is 30.7 Å². The van der Waals surface area contributed by atoms with Crippen molar-refractivity contribution in [3.63, 3.8) is 0 Å². The molecule has 0 unspecified atom stereocenters. The van der Waals surface area contributed by atoms with Crippen molar-refractivity contribution >= 4 is 50.8 Å². The van der Waals surface area contributed by atoms with E-state index in [0.29, 0.717) is 34.4 Å². The molecule has 5 nitrogen and oxygen atoms in total. The molecule has 4 heterocycles. The van der Waals surface area contributed by atoms with Crippen molar-refractivity contribution < 1.29 is 35.8 Å². The Morgan fingerprint density at radius 3 is 2.24 bits per heavy atom. The largest absolute Gasteiger partial charge is 0 e. The molecule has 1 saturated carbocycles. The van der Waals surface area contributed by atoms with Crippen molar-refractivity contribution in [3.8, 4) is 39.6 Å². The number of aromatic nitrogens is 4. The SMILES string of the molecule is CC(C)c1cccc(C(C)C)c1-n1c(-c2[c-]ccc3c2oc2nc(-c4ccc(F)cc4)ccc23)nc2ccccc21.[2H]C([2H])([2H])c1c[c-]c(-c2cc(C([2H])([2H])C3CCCCC3)[c]([Ge]([CH3])([CH3])[CH3])cn2)cc1.[Ir]. The minimum absolute atomic E-state index is 0. The van der Waals surface area contributed by atoms with Crippen molar-refractivity contribution in [2.24, 2.45) is 5.92 Å². The van der Waals surface area contributed by atoms with Gasteiger partial charge >= 0.3 is 157 Å². The van der Waals surface area contributed by atoms with E-state index in [2.05, 4.69) is 103 Å². The number of rotatable bonds is 9. The molecule has 5 aromatic carbocycles. The number of hydrogen-bond donors (Lipinski definition) is 0. The number of nitrogens with zero attached hydrogens (tertiary/aromatic N) is 4. The number of halogens is 1. The fourth-order valence-electron chi connectivity index (χ4n) is 9.13. The maximum atomic E-state index is 13.5. The molecule has 1 radical (unpaired) electrons. The second-order valence-corrected chi connectivity index (χ2v) is 29.5. The van der Waals surface area contributed by atoms with E-state index in [9.17, 15) is 4.39 Å². The van der Waals surface area contributed by atoms with Gasteiger partial charge < -0.3 is 8.98 Å². The fourth-order valence-corrected chi connectivity index (χ4v) is 12.1. The Hall–Kier alpha value is -5.21. The molecule has 0 bridgehead atoms. The summed E-state index contributed by atoms with van der Waals surface area (Å²) in [5.41, 5.74) is 11.6. The first-order valence-electron chi connectivity index (χ1n) is 25.5. The smallest absolute Gasteiger partial charge is 0 e. The minimum atomic E-state index is -2.35. The summed E-state index contributed by atoms with van der Waals surface area (Å²) in [6.45, 7) is 6.78. The first-order valence-corrected chi connectivity index (χ1v) is 30.3. The van der Waals surface area contributed by atoms with Crippen LogP contribution in [-0.2, 0) is 26.5 Å². The van der Waals surface area contributed by atoms with Crippen LogP contribution in [0.15, 0.2) is 126 Å². The van der Waals surface area contributed by atoms with Gasteiger partial charge in [0.15, 0.2) is 0 Å². The maximum absolute atomic E-state index is 13.5. The summed E-state index contributed by atoms with van der Waals surface area (Å²) in [6, 6.07) is 42.3. The molecule has 0 atom stereocenters. The van der Waals surface area contributed by atoms with Crippen molar-refractivity contribution in [1.82, 2.24) is 19.5 Å². The van der Waals surface area contributed by atoms with E-state index in [1.807, 2.05) is 42.6 Å². The number of pyridine rings is 2. The maximum Gasteiger partial charge on any atom is 0 e. The van der Waals surface area contributed by atoms with E-state index in [1.54, 1.807) is 24.3 Å². The van der Waals surface area contributed by atoms with Gasteiger partial charge in [0, 0.05) is 36.7 Å². The molecule has 9 aromatic rings. The van der Waals surface area contributed by atoms with Crippen LogP contribution >= 0.6 is 0 Å². The van der Waals surface area contributed by atoms with Crippen molar-refractivity contribution in [1.29, 1.82) is 0 Å². The van der Waals surface area contributed by atoms with Gasteiger partial charge in [0.05, 0.1) is 28.1 Å². The molecule has 10 rings (SSSR count). The van der Waals surface area contributed by atoms with Gasteiger partial charge in [-0.05, 0) is 71.5 Å². The quantitative estimate of drug-likeness (QED) is 0.107. The minimum Gasteiger partial charge on any atom is 0 e. The van der Waals surface area contributed by atoms with Gasteiger partial charge in [0.1, 0.15) is 5.82 Å². The third-order valence-electron chi connectivity index (χ3n) is 12.6. The fraction of sp³-hybridized carbons (Fsp3) is 0.293. The van der Waals surface area contributed by atoms with Crippen LogP contribution in [0.25, 0.3) is 72.7 Å². The van der Waals surface area contributed by atoms with E-state index in [4.69, 9.17) is 21.2 Å². The average molecular weight is 1120 g/mol. The third kappa shape index (κ3) is 9.77. The van der Waals surface area contributed by atoms with Crippen LogP contribution in [0.1, 0.15) is 101 Å². The first kappa shape index (κ1) is 41.0. The normalized spacial score (nSPS) is 14.9. The number of hydrogen-bond acceptors (Lipinski definition) is 4. The topological polar surface area (TPSA) is 56.7 Å². The van der Waals surface area contributed by atoms with E-state index in [1.165, 1.54) is 41.4 Å². The zero-order chi connectivity index (χ0) is 49.7. The number of para-hydroxylation sites is 3. The molecule has 0 aliphatic heterocycles. The standard InChI is InChI=1S/C36H29FN3O.C22H30GeN.Ir/c1-21(2)25-9-7-10-26(22(3)4)33(25)40-32-14-6-5-13-31(32)38-35(40)29-12-8-11-27-28-19-20-30(39-36(28)41-34(27)29)23-15-17-24(37)18-16-23;1-17-10-12-19(13-11-17)22-15-20(14-18-8-6-5-7-9-18)21(16-24-22)23(2,3)4;/h5-11,13-22H,1-4H3;10-12,15-16,18H,5-9,14H2,1-4H3;/q2*-1;/i;1D3,14D2;. The van der Waals surface area contributed by atoms with Gasteiger partial charge in [-0.2, -0.15) is 0 Å². The van der Waals surface area contributed by atoms with E-state index in [0.717, 1.165) is 80.1 Å². The zero-order valence-corrected chi connectivity index (χ0v) is 43.2. The van der Waals surface area contributed by atoms with Crippen LogP contribution in [-0.4, -0.2) is 32.8 Å². The Morgan fingerprint density at radius 2 is 1.56 bits per heavy atom. The summed E-state index contributed by atoms with van der Waals surface area (Å²) < 4.78 is 64.1. The van der Waals surface area contributed by atoms with Crippen LogP contribution in [0.4, 0.5) is 4.39 Å². The van der Waals surface area contributed by atoms with Crippen molar-refractivity contribution in [3.05, 3.63) is 162 Å². The van der Waals surface area contributed by atoms with Crippen LogP contribution in [0.5, 0.6) is 0 Å². The van der Waals surface area contributed by atoms with E-state index >= 15 is 0 Å². The molecule has 66 heavy (non-hydrogen) atoms. The number of imidazole rings is 1. The van der Waals surface area contributed by atoms with Gasteiger partial charge in [-0.15, -0.1) is 18.2 Å². The molecule has 8 heteroatoms. The molecular weight excluding hydrogens is 1050 g/mol. The Kier molecular flexibility index (Phi) is 12.4. The molecule has 0 N–H and O–H groups in total. The van der Waals surface area contributed by atoms with Crippen molar-refractivity contribution in [2.75, 3.05) is 0 Å². The second kappa shape index (κ2) is 19.9. The zero-order valence-electron chi connectivity index (χ0n) is 43.7. The molecular formula is C58H59FGeIrN4O-2. The Morgan fingerprint density at radius 1 is 0.818 bits per heavy atom. The molecule has 0 spiro atoms. The van der Waals surface area contributed by atoms with Gasteiger partial charge in [-0.25, -0.2) is 9.37 Å². The monoisotopic (exact) mass is 1120 g/mol. The van der Waals surface area contributed by atoms with Gasteiger partial charge in [0.25, 0.3) is 0 Å². The van der Waals surface area contributed by atoms with E-state index < -0.39 is 26.5 Å². The van der Waals surface area contributed by atoms with Crippen molar-refractivity contribution in [2.45, 2.75) is 102 Å². The molecule has 1 aliphatic carbocycles.